The van der Waals surface area contributed by atoms with E-state index in [4.69, 9.17) is 4.52 Å². The fourth-order valence-electron chi connectivity index (χ4n) is 0.775. The van der Waals surface area contributed by atoms with E-state index in [9.17, 15) is 4.57 Å². The smallest absolute Gasteiger partial charge is 0.313 e. The molecular weight excluding hydrogens is 279 g/mol. The lowest BCUT2D eigenvalue weighted by Crippen LogP contribution is -1.99. The molecule has 0 bridgehead atoms. The van der Waals surface area contributed by atoms with E-state index in [1.165, 1.54) is 22.8 Å². The quantitative estimate of drug-likeness (QED) is 0.558. The van der Waals surface area contributed by atoms with Gasteiger partial charge in [-0.15, -0.1) is 0 Å². The lowest BCUT2D eigenvalue weighted by atomic mass is 10.3. The van der Waals surface area contributed by atoms with Gasteiger partial charge in [-0.2, -0.15) is 11.8 Å². The molecule has 0 spiro atoms. The van der Waals surface area contributed by atoms with Crippen molar-refractivity contribution in [3.8, 4) is 0 Å². The van der Waals surface area contributed by atoms with E-state index in [1.54, 1.807) is 11.8 Å². The highest BCUT2D eigenvalue weighted by Crippen LogP contribution is 2.70. The van der Waals surface area contributed by atoms with Gasteiger partial charge in [0.1, 0.15) is 0 Å². The number of hydrogen-bond acceptors (Lipinski definition) is 5. The van der Waals surface area contributed by atoms with E-state index in [0.29, 0.717) is 17.8 Å². The summed E-state index contributed by atoms with van der Waals surface area (Å²) >= 11 is 4.80. The van der Waals surface area contributed by atoms with E-state index in [0.717, 1.165) is 11.5 Å². The van der Waals surface area contributed by atoms with Crippen LogP contribution in [0.25, 0.3) is 0 Å². The van der Waals surface area contributed by atoms with Crippen LogP contribution in [-0.2, 0) is 9.09 Å². The largest absolute Gasteiger partial charge is 0.314 e. The molecule has 0 saturated carbocycles. The van der Waals surface area contributed by atoms with Gasteiger partial charge in [0.05, 0.1) is 6.61 Å². The van der Waals surface area contributed by atoms with E-state index >= 15 is 0 Å². The minimum absolute atomic E-state index is 0.526. The van der Waals surface area contributed by atoms with Gasteiger partial charge in [-0.1, -0.05) is 43.5 Å². The van der Waals surface area contributed by atoms with Crippen molar-refractivity contribution < 1.29 is 9.09 Å². The summed E-state index contributed by atoms with van der Waals surface area (Å²) in [5, 5.41) is 0.526. The predicted molar refractivity (Wildman–Crippen MR) is 82.0 cm³/mol. The van der Waals surface area contributed by atoms with Crippen LogP contribution in [0.3, 0.4) is 0 Å². The van der Waals surface area contributed by atoms with Crippen molar-refractivity contribution in [3.63, 3.8) is 0 Å². The maximum absolute atomic E-state index is 12.4. The van der Waals surface area contributed by atoms with Gasteiger partial charge >= 0.3 is 5.77 Å². The molecule has 6 heteroatoms. The van der Waals surface area contributed by atoms with Crippen molar-refractivity contribution in [2.45, 2.75) is 32.9 Å². The summed E-state index contributed by atoms with van der Waals surface area (Å²) in [6.45, 7) is 8.86. The van der Waals surface area contributed by atoms with Crippen LogP contribution in [0.5, 0.6) is 0 Å². The van der Waals surface area contributed by atoms with E-state index in [-0.39, 0.29) is 0 Å². The highest BCUT2D eigenvalue weighted by atomic mass is 33.1. The fraction of sp³-hybridized carbons (Fsp3) is 1.00. The molecule has 0 aliphatic heterocycles. The van der Waals surface area contributed by atoms with Crippen LogP contribution in [0.4, 0.5) is 0 Å². The Morgan fingerprint density at radius 1 is 1.19 bits per heavy atom. The Kier molecular flexibility index (Phi) is 9.92. The Bertz CT molecular complexity index is 224. The summed E-state index contributed by atoms with van der Waals surface area (Å²) in [4.78, 5) is 0. The van der Waals surface area contributed by atoms with Crippen LogP contribution in [-0.4, -0.2) is 29.6 Å². The first-order valence-electron chi connectivity index (χ1n) is 5.50. The summed E-state index contributed by atoms with van der Waals surface area (Å²) in [5.41, 5.74) is 0. The average Bonchev–Trinajstić information content (AvgIpc) is 2.24. The Hall–Kier alpha value is 1.24. The third-order valence-electron chi connectivity index (χ3n) is 1.72. The Morgan fingerprint density at radius 2 is 1.75 bits per heavy atom. The van der Waals surface area contributed by atoms with Crippen molar-refractivity contribution in [1.82, 2.24) is 0 Å². The van der Waals surface area contributed by atoms with Gasteiger partial charge in [0.2, 0.25) is 0 Å². The van der Waals surface area contributed by atoms with Crippen LogP contribution in [0.1, 0.15) is 27.7 Å². The van der Waals surface area contributed by atoms with Gasteiger partial charge < -0.3 is 4.52 Å². The minimum atomic E-state index is -2.52. The van der Waals surface area contributed by atoms with Gasteiger partial charge in [-0.3, -0.25) is 4.57 Å². The molecule has 0 aromatic heterocycles. The molecule has 0 heterocycles. The molecule has 0 radical (unpaired) electrons. The van der Waals surface area contributed by atoms with E-state index in [2.05, 4.69) is 27.0 Å². The molecule has 0 fully saturated rings. The zero-order chi connectivity index (χ0) is 12.6. The second-order valence-corrected chi connectivity index (χ2v) is 12.6. The molecule has 0 amide bonds. The molecule has 98 valence electrons. The molecule has 0 aliphatic carbocycles. The third kappa shape index (κ3) is 8.35. The summed E-state index contributed by atoms with van der Waals surface area (Å²) in [6, 6.07) is 0. The molecule has 0 aromatic rings. The van der Waals surface area contributed by atoms with Crippen LogP contribution < -0.4 is 0 Å². The maximum atomic E-state index is 12.4. The summed E-state index contributed by atoms with van der Waals surface area (Å²) in [7, 11) is 0. The predicted octanol–water partition coefficient (Wildman–Crippen LogP) is 5.00. The average molecular weight is 302 g/mol. The highest BCUT2D eigenvalue weighted by Gasteiger charge is 2.25. The van der Waals surface area contributed by atoms with Crippen LogP contribution in [0, 0.1) is 5.92 Å². The van der Waals surface area contributed by atoms with Crippen LogP contribution in [0.15, 0.2) is 0 Å². The van der Waals surface area contributed by atoms with E-state index in [1.807, 2.05) is 6.92 Å². The second-order valence-electron chi connectivity index (χ2n) is 3.90. The van der Waals surface area contributed by atoms with Gasteiger partial charge in [0, 0.05) is 16.8 Å². The molecule has 0 rings (SSSR count). The molecule has 0 aliphatic rings. The maximum Gasteiger partial charge on any atom is 0.313 e. The van der Waals surface area contributed by atoms with E-state index < -0.39 is 5.77 Å². The summed E-state index contributed by atoms with van der Waals surface area (Å²) < 4.78 is 17.9. The number of rotatable bonds is 9. The molecule has 0 N–H and O–H groups in total. The molecule has 2 nitrogen and oxygen atoms in total. The lowest BCUT2D eigenvalue weighted by molar-refractivity contribution is 0.357. The van der Waals surface area contributed by atoms with Crippen molar-refractivity contribution in [3.05, 3.63) is 0 Å². The summed E-state index contributed by atoms with van der Waals surface area (Å²) in [5.74, 6) is -0.174. The van der Waals surface area contributed by atoms with Crippen LogP contribution in [0.2, 0.25) is 0 Å². The monoisotopic (exact) mass is 302 g/mol. The molecular formula is C10H23O2PS3. The van der Waals surface area contributed by atoms with Crippen molar-refractivity contribution >= 4 is 40.3 Å². The Labute approximate surface area is 112 Å². The highest BCUT2D eigenvalue weighted by molar-refractivity contribution is 8.89. The zero-order valence-corrected chi connectivity index (χ0v) is 14.1. The molecule has 0 aromatic carbocycles. The minimum Gasteiger partial charge on any atom is -0.314 e. The topological polar surface area (TPSA) is 26.3 Å². The molecule has 2 unspecified atom stereocenters. The lowest BCUT2D eigenvalue weighted by Gasteiger charge is -2.18. The van der Waals surface area contributed by atoms with Gasteiger partial charge in [0.25, 0.3) is 0 Å². The first-order valence-corrected chi connectivity index (χ1v) is 11.6. The molecule has 0 saturated heterocycles. The molecule has 2 atom stereocenters. The van der Waals surface area contributed by atoms with Crippen molar-refractivity contribution in [1.29, 1.82) is 0 Å². The first kappa shape index (κ1) is 17.2. The molecule has 16 heavy (non-hydrogen) atoms. The standard InChI is InChI=1S/C10H23O2PS3/c1-6-12-13(11,15-7-9(2)3)16-8-10(4)14-5/h9-10H,6-8H2,1-5H3. The fourth-order valence-corrected chi connectivity index (χ4v) is 8.97. The Morgan fingerprint density at radius 3 is 2.19 bits per heavy atom. The second kappa shape index (κ2) is 9.21. The zero-order valence-electron chi connectivity index (χ0n) is 10.8. The number of thioether (sulfide) groups is 1. The van der Waals surface area contributed by atoms with Gasteiger partial charge in [-0.25, -0.2) is 0 Å². The van der Waals surface area contributed by atoms with Crippen molar-refractivity contribution in [2.75, 3.05) is 24.4 Å². The number of hydrogen-bond donors (Lipinski definition) is 0. The Balaban J connectivity index is 4.16. The third-order valence-corrected chi connectivity index (χ3v) is 10.9. The van der Waals surface area contributed by atoms with Crippen molar-refractivity contribution in [2.24, 2.45) is 5.92 Å². The first-order chi connectivity index (χ1) is 7.43. The van der Waals surface area contributed by atoms with Gasteiger partial charge in [-0.05, 0) is 19.1 Å². The summed E-state index contributed by atoms with van der Waals surface area (Å²) in [6.07, 6.45) is 2.08. The normalized spacial score (nSPS) is 17.4. The van der Waals surface area contributed by atoms with Gasteiger partial charge in [0.15, 0.2) is 0 Å². The SMILES string of the molecule is CCOP(=O)(SCC(C)C)SCC(C)SC. The van der Waals surface area contributed by atoms with Crippen LogP contribution >= 0.6 is 40.3 Å².